The molecular weight excluding hydrogens is 971 g/mol. The number of carbonyl (C=O) groups is 2. The normalized spacial score (nSPS) is 22.3. The van der Waals surface area contributed by atoms with Crippen LogP contribution in [0.5, 0.6) is 0 Å². The molecule has 2 fully saturated rings. The van der Waals surface area contributed by atoms with Gasteiger partial charge in [0.05, 0.1) is 30.9 Å². The number of aliphatic hydroxyl groups excluding tert-OH is 1. The minimum Gasteiger partial charge on any atom is -0.459 e. The highest BCUT2D eigenvalue weighted by molar-refractivity contribution is 5.89. The molecule has 1 N–H and O–H groups in total. The molecule has 3 unspecified atom stereocenters. The van der Waals surface area contributed by atoms with Crippen molar-refractivity contribution < 1.29 is 52.6 Å². The van der Waals surface area contributed by atoms with Gasteiger partial charge in [0.15, 0.2) is 11.6 Å². The Labute approximate surface area is 458 Å². The number of methoxy groups -OCH3 is 1. The Morgan fingerprint density at radius 3 is 1.62 bits per heavy atom. The van der Waals surface area contributed by atoms with Crippen LogP contribution < -0.4 is 0 Å². The van der Waals surface area contributed by atoms with Crippen LogP contribution in [-0.4, -0.2) is 90.0 Å². The molecule has 0 saturated carbocycles. The summed E-state index contributed by atoms with van der Waals surface area (Å²) in [6, 6.07) is 47.0. The van der Waals surface area contributed by atoms with E-state index in [4.69, 9.17) is 37.9 Å². The largest absolute Gasteiger partial charge is 0.459 e. The molecule has 8 atom stereocenters. The Bertz CT molecular complexity index is 2410. The van der Waals surface area contributed by atoms with Gasteiger partial charge in [0, 0.05) is 20.1 Å². The zero-order chi connectivity index (χ0) is 54.1. The Hall–Kier alpha value is -5.44. The van der Waals surface area contributed by atoms with E-state index in [9.17, 15) is 9.90 Å². The molecule has 5 aromatic rings. The van der Waals surface area contributed by atoms with Gasteiger partial charge in [0.2, 0.25) is 0 Å². The van der Waals surface area contributed by atoms with Crippen LogP contribution in [0.3, 0.4) is 0 Å². The third kappa shape index (κ3) is 18.3. The molecule has 1 amide bonds. The van der Waals surface area contributed by atoms with Crippen molar-refractivity contribution in [3.05, 3.63) is 179 Å². The first kappa shape index (κ1) is 59.2. The van der Waals surface area contributed by atoms with Crippen molar-refractivity contribution in [2.75, 3.05) is 13.7 Å². The third-order valence-electron chi connectivity index (χ3n) is 14.9. The van der Waals surface area contributed by atoms with Crippen LogP contribution >= 0.6 is 0 Å². The molecule has 0 aromatic heterocycles. The molecule has 0 aliphatic carbocycles. The molecule has 416 valence electrons. The number of hydrogen-bond acceptors (Lipinski definition) is 11. The van der Waals surface area contributed by atoms with E-state index in [-0.39, 0.29) is 51.9 Å². The van der Waals surface area contributed by atoms with E-state index in [0.717, 1.165) is 47.9 Å². The Kier molecular flexibility index (Phi) is 24.0. The summed E-state index contributed by atoms with van der Waals surface area (Å²) in [6.07, 6.45) is 9.82. The zero-order valence-electron chi connectivity index (χ0n) is 46.1. The van der Waals surface area contributed by atoms with Gasteiger partial charge in [0.1, 0.15) is 43.7 Å². The van der Waals surface area contributed by atoms with Crippen LogP contribution in [0, 0.1) is 0 Å². The van der Waals surface area contributed by atoms with Gasteiger partial charge in [-0.3, -0.25) is 4.90 Å². The van der Waals surface area contributed by atoms with Crippen LogP contribution in [0.2, 0.25) is 0 Å². The Morgan fingerprint density at radius 2 is 1.08 bits per heavy atom. The number of rotatable bonds is 32. The summed E-state index contributed by atoms with van der Waals surface area (Å²) in [5.74, 6) is -3.18. The van der Waals surface area contributed by atoms with Gasteiger partial charge < -0.3 is 43.0 Å². The van der Waals surface area contributed by atoms with Crippen LogP contribution in [-0.2, 0) is 64.3 Å². The summed E-state index contributed by atoms with van der Waals surface area (Å²) >= 11 is 0. The first-order valence-electron chi connectivity index (χ1n) is 28.4. The van der Waals surface area contributed by atoms with E-state index < -0.39 is 60.2 Å². The fourth-order valence-corrected chi connectivity index (χ4v) is 10.7. The molecule has 2 aliphatic heterocycles. The van der Waals surface area contributed by atoms with Gasteiger partial charge in [-0.1, -0.05) is 224 Å². The monoisotopic (exact) mass is 1060 g/mol. The molecule has 2 heterocycles. The zero-order valence-corrected chi connectivity index (χ0v) is 46.1. The second-order valence-corrected chi connectivity index (χ2v) is 21.2. The predicted molar refractivity (Wildman–Crippen MR) is 299 cm³/mol. The highest BCUT2D eigenvalue weighted by Crippen LogP contribution is 2.42. The van der Waals surface area contributed by atoms with Crippen molar-refractivity contribution in [1.29, 1.82) is 0 Å². The van der Waals surface area contributed by atoms with Gasteiger partial charge in [-0.15, -0.1) is 0 Å². The second-order valence-electron chi connectivity index (χ2n) is 21.2. The first-order valence-corrected chi connectivity index (χ1v) is 28.4. The fourth-order valence-electron chi connectivity index (χ4n) is 10.7. The van der Waals surface area contributed by atoms with Crippen molar-refractivity contribution in [2.24, 2.45) is 0 Å². The highest BCUT2D eigenvalue weighted by Gasteiger charge is 2.58. The molecule has 2 aliphatic rings. The predicted octanol–water partition coefficient (Wildman–Crippen LogP) is 13.7. The summed E-state index contributed by atoms with van der Waals surface area (Å²) in [4.78, 5) is 30.3. The van der Waals surface area contributed by atoms with Gasteiger partial charge in [-0.05, 0) is 61.1 Å². The van der Waals surface area contributed by atoms with Gasteiger partial charge in [0.25, 0.3) is 0 Å². The van der Waals surface area contributed by atoms with Gasteiger partial charge in [-0.25, -0.2) is 9.59 Å². The Balaban J connectivity index is 1.22. The van der Waals surface area contributed by atoms with Crippen molar-refractivity contribution in [2.45, 2.75) is 198 Å². The second kappa shape index (κ2) is 31.2. The topological polar surface area (TPSA) is 131 Å². The summed E-state index contributed by atoms with van der Waals surface area (Å²) in [7, 11) is 1.55. The van der Waals surface area contributed by atoms with Crippen LogP contribution in [0.1, 0.15) is 150 Å². The van der Waals surface area contributed by atoms with Crippen molar-refractivity contribution >= 4 is 12.1 Å². The van der Waals surface area contributed by atoms with E-state index in [1.807, 2.05) is 141 Å². The smallest absolute Gasteiger partial charge is 0.410 e. The van der Waals surface area contributed by atoms with E-state index in [1.165, 1.54) is 57.8 Å². The molecule has 0 spiro atoms. The maximum atomic E-state index is 15.0. The summed E-state index contributed by atoms with van der Waals surface area (Å²) < 4.78 is 53.3. The minimum atomic E-state index is -1.65. The molecule has 12 nitrogen and oxygen atoms in total. The molecule has 77 heavy (non-hydrogen) atoms. The fraction of sp³-hybridized carbons (Fsp3) is 0.508. The highest BCUT2D eigenvalue weighted by atomic mass is 16.8. The number of aliphatic hydroxyl groups is 1. The molecule has 0 bridgehead atoms. The average molecular weight is 1060 g/mol. The van der Waals surface area contributed by atoms with Crippen LogP contribution in [0.4, 0.5) is 4.79 Å². The van der Waals surface area contributed by atoms with Gasteiger partial charge in [-0.2, -0.15) is 0 Å². The maximum Gasteiger partial charge on any atom is 0.410 e. The molecule has 5 aromatic carbocycles. The molecular formula is C65H85NO11. The van der Waals surface area contributed by atoms with E-state index >= 15 is 4.79 Å². The first-order chi connectivity index (χ1) is 37.6. The van der Waals surface area contributed by atoms with E-state index in [1.54, 1.807) is 36.3 Å². The number of amides is 1. The molecule has 2 saturated heterocycles. The van der Waals surface area contributed by atoms with E-state index in [2.05, 4.69) is 6.92 Å². The minimum absolute atomic E-state index is 0.0652. The van der Waals surface area contributed by atoms with E-state index in [0.29, 0.717) is 5.56 Å². The lowest BCUT2D eigenvalue weighted by Gasteiger charge is -2.51. The number of hydrogen-bond donors (Lipinski definition) is 1. The van der Waals surface area contributed by atoms with Crippen molar-refractivity contribution in [3.63, 3.8) is 0 Å². The molecule has 0 radical (unpaired) electrons. The number of carbonyl (C=O) groups excluding carboxylic acids is 2. The maximum absolute atomic E-state index is 15.0. The standard InChI is InChI=1S/C65H85NO11/c1-5-6-7-8-9-10-11-12-13-14-15-31-42-56-59(77-64(2,3)75-56)55(66(45-50-32-21-16-22-33-50)63(69)74-48-53-38-27-19-28-39-53)43-44-65(70-4)61(72-47-52-36-25-18-26-37-52)60(71-46-51-34-23-17-24-35-51)58(67)57(76-65)49-73-62(68)54-40-29-20-30-41-54/h16-30,32-41,55-61,67H,5-15,31,42-49H2,1-4H3/t55-,56?,57?,58-,59-,60+,61?,65-/m0/s1. The van der Waals surface area contributed by atoms with Crippen molar-refractivity contribution in [3.8, 4) is 0 Å². The Morgan fingerprint density at radius 1 is 0.584 bits per heavy atom. The average Bonchev–Trinajstić information content (AvgIpc) is 3.77. The van der Waals surface area contributed by atoms with Crippen LogP contribution in [0.25, 0.3) is 0 Å². The van der Waals surface area contributed by atoms with Crippen LogP contribution in [0.15, 0.2) is 152 Å². The molecule has 7 rings (SSSR count). The molecule has 12 heteroatoms. The lowest BCUT2D eigenvalue weighted by Crippen LogP contribution is -2.67. The van der Waals surface area contributed by atoms with Gasteiger partial charge >= 0.3 is 12.1 Å². The SMILES string of the molecule is CCCCCCCCCCCCCCC1OC(C)(C)O[C@H]1[C@H](CC[C@]1(OC)OC(COC(=O)c2ccccc2)[C@H](O)[C@@H](OCc2ccccc2)C1OCc1ccccc1)N(Cc1ccccc1)C(=O)OCc1ccccc1. The number of ether oxygens (including phenoxy) is 8. The quantitative estimate of drug-likeness (QED) is 0.0326. The summed E-state index contributed by atoms with van der Waals surface area (Å²) in [5, 5.41) is 12.4. The lowest BCUT2D eigenvalue weighted by molar-refractivity contribution is -0.374. The number of benzene rings is 5. The van der Waals surface area contributed by atoms with Crippen molar-refractivity contribution in [1.82, 2.24) is 4.90 Å². The number of unbranched alkanes of at least 4 members (excludes halogenated alkanes) is 11. The summed E-state index contributed by atoms with van der Waals surface area (Å²) in [6.45, 7) is 6.35. The summed E-state index contributed by atoms with van der Waals surface area (Å²) in [5.41, 5.74) is 3.89. The lowest BCUT2D eigenvalue weighted by atomic mass is 9.86. The third-order valence-corrected chi connectivity index (χ3v) is 14.9. The number of esters is 1. The number of nitrogens with zero attached hydrogens (tertiary/aromatic N) is 1.